The number of nitrogens with zero attached hydrogens (tertiary/aromatic N) is 5. The van der Waals surface area contributed by atoms with E-state index in [1.165, 1.54) is 6.07 Å². The molecule has 1 N–H and O–H groups in total. The fourth-order valence-corrected chi connectivity index (χ4v) is 4.57. The largest absolute Gasteiger partial charge is 0.573 e. The van der Waals surface area contributed by atoms with Crippen LogP contribution in [0.5, 0.6) is 5.75 Å². The van der Waals surface area contributed by atoms with Gasteiger partial charge in [-0.25, -0.2) is 0 Å². The highest BCUT2D eigenvalue weighted by molar-refractivity contribution is 5.92. The molecule has 0 spiro atoms. The molecule has 1 atom stereocenters. The van der Waals surface area contributed by atoms with Crippen molar-refractivity contribution in [2.45, 2.75) is 31.7 Å². The number of alkyl halides is 3. The van der Waals surface area contributed by atoms with Crippen LogP contribution in [0.2, 0.25) is 0 Å². The Labute approximate surface area is 200 Å². The second-order valence-electron chi connectivity index (χ2n) is 8.17. The Bertz CT molecular complexity index is 1610. The molecule has 36 heavy (non-hydrogen) atoms. The van der Waals surface area contributed by atoms with Crippen molar-refractivity contribution in [1.29, 1.82) is 10.5 Å². The first-order chi connectivity index (χ1) is 17.2. The fraction of sp³-hybridized carbons (Fsp3) is 0.208. The SMILES string of the molecule is N#Cc1cc(OC(F)(F)F)cc(-c2nc(-c3ccc4c(c3)c(C#N)c3n4CCC3CC(=O)O)no2)c1. The Morgan fingerprint density at radius 3 is 2.69 bits per heavy atom. The minimum absolute atomic E-state index is 0.0604. The highest BCUT2D eigenvalue weighted by Gasteiger charge is 2.32. The van der Waals surface area contributed by atoms with Crippen LogP contribution in [-0.4, -0.2) is 32.1 Å². The van der Waals surface area contributed by atoms with Crippen molar-refractivity contribution in [3.63, 3.8) is 0 Å². The molecule has 2 aromatic heterocycles. The lowest BCUT2D eigenvalue weighted by Crippen LogP contribution is -2.17. The van der Waals surface area contributed by atoms with E-state index in [1.807, 2.05) is 4.57 Å². The lowest BCUT2D eigenvalue weighted by Gasteiger charge is -2.09. The van der Waals surface area contributed by atoms with E-state index in [4.69, 9.17) is 9.78 Å². The number of aromatic nitrogens is 3. The van der Waals surface area contributed by atoms with E-state index in [0.717, 1.165) is 17.6 Å². The van der Waals surface area contributed by atoms with Gasteiger partial charge >= 0.3 is 12.3 Å². The van der Waals surface area contributed by atoms with Gasteiger partial charge in [0.15, 0.2) is 0 Å². The number of aryl methyl sites for hydroxylation is 1. The number of fused-ring (bicyclic) bond motifs is 3. The van der Waals surface area contributed by atoms with Crippen LogP contribution in [0.15, 0.2) is 40.9 Å². The summed E-state index contributed by atoms with van der Waals surface area (Å²) in [5, 5.41) is 32.7. The molecule has 0 aliphatic carbocycles. The summed E-state index contributed by atoms with van der Waals surface area (Å²) < 4.78 is 49.1. The summed E-state index contributed by atoms with van der Waals surface area (Å²) in [6, 6.07) is 12.4. The van der Waals surface area contributed by atoms with Gasteiger partial charge in [0.25, 0.3) is 5.89 Å². The molecule has 12 heteroatoms. The molecule has 180 valence electrons. The van der Waals surface area contributed by atoms with Crippen molar-refractivity contribution in [3.8, 4) is 40.7 Å². The Morgan fingerprint density at radius 2 is 2.00 bits per heavy atom. The number of carboxylic acids is 1. The number of hydrogen-bond acceptors (Lipinski definition) is 7. The van der Waals surface area contributed by atoms with Gasteiger partial charge in [-0.05, 0) is 42.8 Å². The molecule has 0 bridgehead atoms. The monoisotopic (exact) mass is 493 g/mol. The summed E-state index contributed by atoms with van der Waals surface area (Å²) in [4.78, 5) is 15.5. The van der Waals surface area contributed by atoms with Crippen LogP contribution in [0.1, 0.15) is 35.6 Å². The van der Waals surface area contributed by atoms with Crippen LogP contribution < -0.4 is 4.74 Å². The molecule has 1 aliphatic heterocycles. The summed E-state index contributed by atoms with van der Waals surface area (Å²) in [5.74, 6) is -1.83. The van der Waals surface area contributed by atoms with Crippen molar-refractivity contribution in [2.24, 2.45) is 0 Å². The Balaban J connectivity index is 1.54. The highest BCUT2D eigenvalue weighted by atomic mass is 19.4. The van der Waals surface area contributed by atoms with E-state index in [2.05, 4.69) is 20.9 Å². The van der Waals surface area contributed by atoms with Gasteiger partial charge in [-0.2, -0.15) is 15.5 Å². The molecule has 0 fully saturated rings. The molecule has 0 amide bonds. The minimum Gasteiger partial charge on any atom is -0.481 e. The van der Waals surface area contributed by atoms with Gasteiger partial charge in [-0.3, -0.25) is 4.79 Å². The Kier molecular flexibility index (Phi) is 5.37. The number of halogens is 3. The van der Waals surface area contributed by atoms with Crippen LogP contribution in [0, 0.1) is 22.7 Å². The number of nitriles is 2. The molecule has 3 heterocycles. The molecule has 1 aliphatic rings. The van der Waals surface area contributed by atoms with Gasteiger partial charge in [-0.15, -0.1) is 13.2 Å². The highest BCUT2D eigenvalue weighted by Crippen LogP contribution is 2.41. The molecule has 0 radical (unpaired) electrons. The van der Waals surface area contributed by atoms with Crippen LogP contribution >= 0.6 is 0 Å². The third kappa shape index (κ3) is 4.09. The molecule has 9 nitrogen and oxygen atoms in total. The molecule has 0 saturated carbocycles. The lowest BCUT2D eigenvalue weighted by molar-refractivity contribution is -0.274. The second kappa shape index (κ2) is 8.43. The molecule has 2 aromatic carbocycles. The first kappa shape index (κ1) is 22.9. The minimum atomic E-state index is -4.94. The third-order valence-corrected chi connectivity index (χ3v) is 5.92. The van der Waals surface area contributed by atoms with E-state index < -0.39 is 18.1 Å². The summed E-state index contributed by atoms with van der Waals surface area (Å²) in [5.41, 5.74) is 2.30. The number of carbonyl (C=O) groups is 1. The fourth-order valence-electron chi connectivity index (χ4n) is 4.57. The number of hydrogen-bond donors (Lipinski definition) is 1. The average Bonchev–Trinajstić information content (AvgIpc) is 3.52. The number of ether oxygens (including phenoxy) is 1. The van der Waals surface area contributed by atoms with E-state index in [0.29, 0.717) is 35.2 Å². The summed E-state index contributed by atoms with van der Waals surface area (Å²) in [6.07, 6.45) is -4.39. The van der Waals surface area contributed by atoms with Crippen LogP contribution in [-0.2, 0) is 11.3 Å². The van der Waals surface area contributed by atoms with E-state index >= 15 is 0 Å². The van der Waals surface area contributed by atoms with Gasteiger partial charge in [0.1, 0.15) is 11.8 Å². The first-order valence-electron chi connectivity index (χ1n) is 10.6. The normalized spacial score (nSPS) is 14.9. The van der Waals surface area contributed by atoms with Gasteiger partial charge in [0, 0.05) is 40.2 Å². The maximum Gasteiger partial charge on any atom is 0.573 e. The van der Waals surface area contributed by atoms with Crippen molar-refractivity contribution >= 4 is 16.9 Å². The van der Waals surface area contributed by atoms with Crippen LogP contribution in [0.4, 0.5) is 13.2 Å². The molecular formula is C24H14F3N5O4. The zero-order valence-corrected chi connectivity index (χ0v) is 18.2. The van der Waals surface area contributed by atoms with Crippen LogP contribution in [0.3, 0.4) is 0 Å². The van der Waals surface area contributed by atoms with Gasteiger partial charge < -0.3 is 18.9 Å². The second-order valence-corrected chi connectivity index (χ2v) is 8.17. The topological polar surface area (TPSA) is 138 Å². The van der Waals surface area contributed by atoms with E-state index in [-0.39, 0.29) is 35.2 Å². The third-order valence-electron chi connectivity index (χ3n) is 5.92. The molecular weight excluding hydrogens is 479 g/mol. The van der Waals surface area contributed by atoms with Gasteiger partial charge in [0.05, 0.1) is 23.6 Å². The average molecular weight is 493 g/mol. The smallest absolute Gasteiger partial charge is 0.481 e. The predicted molar refractivity (Wildman–Crippen MR) is 116 cm³/mol. The quantitative estimate of drug-likeness (QED) is 0.412. The summed E-state index contributed by atoms with van der Waals surface area (Å²) >= 11 is 0. The molecule has 1 unspecified atom stereocenters. The standard InChI is InChI=1S/C24H14F3N5O4/c25-24(26,27)35-16-6-12(10-28)5-15(7-16)23-30-22(31-36-23)14-1-2-19-17(8-14)18(11-29)21-13(9-20(33)34)3-4-32(19)21/h1-2,5-8,13H,3-4,9H2,(H,33,34). The first-order valence-corrected chi connectivity index (χ1v) is 10.6. The maximum absolute atomic E-state index is 12.7. The van der Waals surface area contributed by atoms with Crippen molar-refractivity contribution < 1.29 is 32.3 Å². The number of rotatable bonds is 5. The summed E-state index contributed by atoms with van der Waals surface area (Å²) in [7, 11) is 0. The van der Waals surface area contributed by atoms with Crippen molar-refractivity contribution in [2.75, 3.05) is 0 Å². The summed E-state index contributed by atoms with van der Waals surface area (Å²) in [6.45, 7) is 0.592. The Morgan fingerprint density at radius 1 is 1.19 bits per heavy atom. The van der Waals surface area contributed by atoms with Gasteiger partial charge in [0.2, 0.25) is 5.82 Å². The number of carboxylic acid groups (broad SMARTS) is 1. The van der Waals surface area contributed by atoms with Gasteiger partial charge in [-0.1, -0.05) is 5.16 Å². The van der Waals surface area contributed by atoms with E-state index in [1.54, 1.807) is 24.3 Å². The molecule has 4 aromatic rings. The lowest BCUT2D eigenvalue weighted by atomic mass is 9.96. The predicted octanol–water partition coefficient (Wildman–Crippen LogP) is 4.96. The zero-order valence-electron chi connectivity index (χ0n) is 18.2. The Hall–Kier alpha value is -4.84. The molecule has 5 rings (SSSR count). The maximum atomic E-state index is 12.7. The number of benzene rings is 2. The number of aliphatic carboxylic acids is 1. The van der Waals surface area contributed by atoms with Crippen LogP contribution in [0.25, 0.3) is 33.7 Å². The molecule has 0 saturated heterocycles. The van der Waals surface area contributed by atoms with Crippen molar-refractivity contribution in [1.82, 2.24) is 14.7 Å². The zero-order chi connectivity index (χ0) is 25.6. The van der Waals surface area contributed by atoms with Crippen molar-refractivity contribution in [3.05, 3.63) is 53.2 Å². The van der Waals surface area contributed by atoms with E-state index in [9.17, 15) is 28.3 Å².